The van der Waals surface area contributed by atoms with Crippen LogP contribution in [0.25, 0.3) is 0 Å². The van der Waals surface area contributed by atoms with Crippen molar-refractivity contribution >= 4 is 0 Å². The van der Waals surface area contributed by atoms with Crippen LogP contribution in [0, 0.1) is 34.6 Å². The second-order valence-corrected chi connectivity index (χ2v) is 3.12. The molecular weight excluding hydrogens is 221 g/mol. The molecule has 0 amide bonds. The Morgan fingerprint density at radius 3 is 1.18 bits per heavy atom. The molecule has 0 nitrogen and oxygen atoms in total. The molecule has 0 aliphatic carbocycles. The first-order valence-electron chi connectivity index (χ1n) is 3.75. The van der Waals surface area contributed by atoms with Crippen LogP contribution < -0.4 is 0 Å². The molecule has 1 radical (unpaired) electrons. The van der Waals surface area contributed by atoms with E-state index in [9.17, 15) is 0 Å². The first kappa shape index (κ1) is 11.0. The Labute approximate surface area is 82.1 Å². The van der Waals surface area contributed by atoms with Gasteiger partial charge in [-0.25, -0.2) is 0 Å². The summed E-state index contributed by atoms with van der Waals surface area (Å²) in [4.78, 5) is 0. The van der Waals surface area contributed by atoms with Gasteiger partial charge in [-0.2, -0.15) is 27.8 Å². The van der Waals surface area contributed by atoms with Crippen molar-refractivity contribution in [2.45, 2.75) is 34.6 Å². The molecule has 0 spiro atoms. The van der Waals surface area contributed by atoms with E-state index in [0.717, 1.165) is 0 Å². The molecule has 1 aromatic rings. The van der Waals surface area contributed by atoms with Gasteiger partial charge in [0.05, 0.1) is 0 Å². The van der Waals surface area contributed by atoms with E-state index in [0.29, 0.717) is 0 Å². The van der Waals surface area contributed by atoms with E-state index in [1.54, 1.807) is 0 Å². The van der Waals surface area contributed by atoms with E-state index in [4.69, 9.17) is 0 Å². The molecule has 0 N–H and O–H groups in total. The van der Waals surface area contributed by atoms with Gasteiger partial charge in [-0.3, -0.25) is 0 Å². The Morgan fingerprint density at radius 2 is 1.09 bits per heavy atom. The van der Waals surface area contributed by atoms with E-state index in [1.807, 2.05) is 0 Å². The van der Waals surface area contributed by atoms with Crippen LogP contribution in [0.2, 0.25) is 0 Å². The van der Waals surface area contributed by atoms with Gasteiger partial charge in [0.1, 0.15) is 0 Å². The van der Waals surface area contributed by atoms with E-state index in [-0.39, 0.29) is 19.5 Å². The zero-order chi connectivity index (χ0) is 7.89. The molecule has 0 unspecified atom stereocenters. The minimum atomic E-state index is 0. The van der Waals surface area contributed by atoms with Crippen molar-refractivity contribution in [2.24, 2.45) is 0 Å². The summed E-state index contributed by atoms with van der Waals surface area (Å²) in [7, 11) is 0. The molecule has 0 heterocycles. The van der Waals surface area contributed by atoms with Crippen LogP contribution >= 0.6 is 0 Å². The summed E-state index contributed by atoms with van der Waals surface area (Å²) in [5.74, 6) is 0. The van der Waals surface area contributed by atoms with E-state index in [2.05, 4.69) is 34.6 Å². The van der Waals surface area contributed by atoms with Crippen molar-refractivity contribution in [3.05, 3.63) is 27.8 Å². The largest absolute Gasteiger partial charge is 1.00 e. The molecule has 1 rings (SSSR count). The summed E-state index contributed by atoms with van der Waals surface area (Å²) in [5, 5.41) is 0. The van der Waals surface area contributed by atoms with Crippen LogP contribution in [-0.4, -0.2) is 0 Å². The van der Waals surface area contributed by atoms with Gasteiger partial charge < -0.3 is 0 Å². The molecule has 0 aliphatic heterocycles. The standard InChI is InChI=1S/C10H15.Ru/c1-6-7(2)9(4)10(5)8(6)3;/h1-5H3;/q-1;+1. The van der Waals surface area contributed by atoms with Gasteiger partial charge in [0.15, 0.2) is 0 Å². The fourth-order valence-electron chi connectivity index (χ4n) is 1.41. The predicted molar refractivity (Wildman–Crippen MR) is 45.7 cm³/mol. The van der Waals surface area contributed by atoms with E-state index >= 15 is 0 Å². The second kappa shape index (κ2) is 3.58. The van der Waals surface area contributed by atoms with Crippen molar-refractivity contribution in [1.29, 1.82) is 0 Å². The molecule has 0 saturated heterocycles. The monoisotopic (exact) mass is 237 g/mol. The Balaban J connectivity index is 0.000001000. The number of rotatable bonds is 0. The molecule has 0 fully saturated rings. The van der Waals surface area contributed by atoms with Gasteiger partial charge in [0.2, 0.25) is 0 Å². The molecule has 0 saturated carbocycles. The maximum absolute atomic E-state index is 2.20. The fourth-order valence-corrected chi connectivity index (χ4v) is 1.41. The summed E-state index contributed by atoms with van der Waals surface area (Å²) in [6.45, 7) is 11.0. The molecular formula is C10H15Ru. The second-order valence-electron chi connectivity index (χ2n) is 3.12. The SMILES string of the molecule is Cc1c(C)c(C)[c-](C)c1C.[Ru+]. The van der Waals surface area contributed by atoms with Crippen LogP contribution in [0.4, 0.5) is 0 Å². The first-order valence-corrected chi connectivity index (χ1v) is 3.75. The molecule has 0 bridgehead atoms. The maximum atomic E-state index is 2.20. The first-order chi connectivity index (χ1) is 4.55. The van der Waals surface area contributed by atoms with Gasteiger partial charge in [-0.05, 0) is 0 Å². The molecule has 1 aromatic carbocycles. The molecule has 0 aromatic heterocycles. The Bertz CT molecular complexity index is 176. The third-order valence-electron chi connectivity index (χ3n) is 2.81. The summed E-state index contributed by atoms with van der Waals surface area (Å²) in [5.41, 5.74) is 7.34. The van der Waals surface area contributed by atoms with Crippen LogP contribution in [0.5, 0.6) is 0 Å². The third kappa shape index (κ3) is 1.59. The topological polar surface area (TPSA) is 0 Å². The summed E-state index contributed by atoms with van der Waals surface area (Å²) in [6, 6.07) is 0. The third-order valence-corrected chi connectivity index (χ3v) is 2.81. The average Bonchev–Trinajstić information content (AvgIpc) is 2.07. The summed E-state index contributed by atoms with van der Waals surface area (Å²) >= 11 is 0. The van der Waals surface area contributed by atoms with Gasteiger partial charge in [0, 0.05) is 0 Å². The van der Waals surface area contributed by atoms with Crippen molar-refractivity contribution in [2.75, 3.05) is 0 Å². The Hall–Kier alpha value is -0.0266. The van der Waals surface area contributed by atoms with Crippen LogP contribution in [0.1, 0.15) is 27.8 Å². The minimum Gasteiger partial charge on any atom is -0.196 e. The summed E-state index contributed by atoms with van der Waals surface area (Å²) in [6.07, 6.45) is 0. The van der Waals surface area contributed by atoms with Crippen LogP contribution in [-0.2, 0) is 19.5 Å². The van der Waals surface area contributed by atoms with Gasteiger partial charge in [-0.15, -0.1) is 0 Å². The summed E-state index contributed by atoms with van der Waals surface area (Å²) < 4.78 is 0. The minimum absolute atomic E-state index is 0. The van der Waals surface area contributed by atoms with Gasteiger partial charge in [-0.1, -0.05) is 34.6 Å². The van der Waals surface area contributed by atoms with Crippen LogP contribution in [0.3, 0.4) is 0 Å². The van der Waals surface area contributed by atoms with E-state index in [1.165, 1.54) is 27.8 Å². The molecule has 63 valence electrons. The Kier molecular flexibility index (Phi) is 3.57. The zero-order valence-corrected chi connectivity index (χ0v) is 9.59. The fraction of sp³-hybridized carbons (Fsp3) is 0.500. The van der Waals surface area contributed by atoms with Crippen molar-refractivity contribution in [3.8, 4) is 0 Å². The molecule has 11 heavy (non-hydrogen) atoms. The molecule has 0 aliphatic rings. The molecule has 0 atom stereocenters. The zero-order valence-electron chi connectivity index (χ0n) is 7.85. The predicted octanol–water partition coefficient (Wildman–Crippen LogP) is 2.95. The van der Waals surface area contributed by atoms with Gasteiger partial charge >= 0.3 is 19.5 Å². The van der Waals surface area contributed by atoms with Gasteiger partial charge in [0.25, 0.3) is 0 Å². The smallest absolute Gasteiger partial charge is 0.196 e. The molecule has 1 heteroatoms. The normalized spacial score (nSPS) is 9.55. The number of hydrogen-bond donors (Lipinski definition) is 0. The number of hydrogen-bond acceptors (Lipinski definition) is 0. The average molecular weight is 236 g/mol. The van der Waals surface area contributed by atoms with Crippen LogP contribution in [0.15, 0.2) is 0 Å². The van der Waals surface area contributed by atoms with Crippen molar-refractivity contribution < 1.29 is 19.5 Å². The van der Waals surface area contributed by atoms with Crippen molar-refractivity contribution in [3.63, 3.8) is 0 Å². The van der Waals surface area contributed by atoms with E-state index < -0.39 is 0 Å². The quantitative estimate of drug-likeness (QED) is 0.480. The Morgan fingerprint density at radius 1 is 0.818 bits per heavy atom. The maximum Gasteiger partial charge on any atom is 1.00 e. The van der Waals surface area contributed by atoms with Crippen molar-refractivity contribution in [1.82, 2.24) is 0 Å².